The number of H-pyrrole nitrogens is 2. The van der Waals surface area contributed by atoms with Crippen LogP contribution in [0, 0.1) is 0 Å². The molecule has 1 atom stereocenters. The first kappa shape index (κ1) is 15.3. The van der Waals surface area contributed by atoms with Crippen LogP contribution in [0.1, 0.15) is 13.1 Å². The normalized spacial score (nSPS) is 12.7. The Bertz CT molecular complexity index is 1290. The summed E-state index contributed by atoms with van der Waals surface area (Å²) in [5.41, 5.74) is -1.49. The summed E-state index contributed by atoms with van der Waals surface area (Å²) in [6, 6.07) is 4.59. The molecule has 4 rings (SSSR count). The first-order valence-corrected chi connectivity index (χ1v) is 7.71. The van der Waals surface area contributed by atoms with E-state index < -0.39 is 22.7 Å². The van der Waals surface area contributed by atoms with Crippen LogP contribution in [0.2, 0.25) is 5.02 Å². The molecule has 3 heterocycles. The molecule has 25 heavy (non-hydrogen) atoms. The lowest BCUT2D eigenvalue weighted by Gasteiger charge is -2.14. The average molecular weight is 359 g/mol. The van der Waals surface area contributed by atoms with Gasteiger partial charge in [-0.1, -0.05) is 11.6 Å². The molecule has 0 radical (unpaired) electrons. The van der Waals surface area contributed by atoms with Gasteiger partial charge >= 0.3 is 0 Å². The number of nitrogens with zero attached hydrogens (tertiary/aromatic N) is 4. The van der Waals surface area contributed by atoms with Crippen molar-refractivity contribution >= 4 is 33.4 Å². The van der Waals surface area contributed by atoms with E-state index in [0.29, 0.717) is 10.5 Å². The molecule has 0 aliphatic heterocycles. The Morgan fingerprint density at radius 3 is 2.60 bits per heavy atom. The topological polar surface area (TPSA) is 118 Å². The monoisotopic (exact) mass is 358 g/mol. The number of halogens is 1. The van der Waals surface area contributed by atoms with Crippen LogP contribution < -0.4 is 16.5 Å². The van der Waals surface area contributed by atoms with E-state index in [-0.39, 0.29) is 16.3 Å². The number of hydrogen-bond donors (Lipinski definition) is 2. The smallest absolute Gasteiger partial charge is 0.287 e. The van der Waals surface area contributed by atoms with E-state index in [2.05, 4.69) is 20.3 Å². The molecule has 0 aliphatic carbocycles. The standard InChI is InChI=1S/C15H11ClN6O3/c1-7(22-17-4-5-18-22)21-15(25)11-12(14(24)20-21)19-10-6-8(16)2-3-9(10)13(11)23/h2-7H,1H3,(H,19,23)(H,20,24). The fraction of sp³-hybridized carbons (Fsp3) is 0.133. The lowest BCUT2D eigenvalue weighted by atomic mass is 10.1. The Labute approximate surface area is 143 Å². The molecular weight excluding hydrogens is 348 g/mol. The average Bonchev–Trinajstić information content (AvgIpc) is 3.11. The lowest BCUT2D eigenvalue weighted by Crippen LogP contribution is -2.38. The van der Waals surface area contributed by atoms with E-state index in [0.717, 1.165) is 4.68 Å². The SMILES string of the molecule is CC(n1nccn1)n1[nH]c(=O)c2[nH]c3cc(Cl)ccc3c(=O)c2c1=O. The van der Waals surface area contributed by atoms with E-state index in [1.54, 1.807) is 13.0 Å². The molecule has 1 unspecified atom stereocenters. The maximum atomic E-state index is 12.8. The lowest BCUT2D eigenvalue weighted by molar-refractivity contribution is 0.337. The predicted molar refractivity (Wildman–Crippen MR) is 92.1 cm³/mol. The minimum absolute atomic E-state index is 0.0957. The van der Waals surface area contributed by atoms with Gasteiger partial charge in [-0.15, -0.1) is 0 Å². The van der Waals surface area contributed by atoms with Crippen LogP contribution in [0.15, 0.2) is 45.0 Å². The Kier molecular flexibility index (Phi) is 3.32. The fourth-order valence-electron chi connectivity index (χ4n) is 2.76. The molecular formula is C15H11ClN6O3. The van der Waals surface area contributed by atoms with Crippen molar-refractivity contribution < 1.29 is 0 Å². The molecule has 0 fully saturated rings. The van der Waals surface area contributed by atoms with Crippen LogP contribution in [0.5, 0.6) is 0 Å². The molecule has 1 aromatic carbocycles. The van der Waals surface area contributed by atoms with E-state index in [4.69, 9.17) is 11.6 Å². The van der Waals surface area contributed by atoms with Gasteiger partial charge in [-0.25, -0.2) is 4.68 Å². The summed E-state index contributed by atoms with van der Waals surface area (Å²) in [5.74, 6) is 0. The van der Waals surface area contributed by atoms with Gasteiger partial charge in [0.25, 0.3) is 11.1 Å². The van der Waals surface area contributed by atoms with E-state index in [1.807, 2.05) is 0 Å². The molecule has 0 saturated heterocycles. The molecule has 4 aromatic rings. The highest BCUT2D eigenvalue weighted by molar-refractivity contribution is 6.31. The molecule has 0 amide bonds. The number of aromatic nitrogens is 6. The summed E-state index contributed by atoms with van der Waals surface area (Å²) in [4.78, 5) is 42.1. The van der Waals surface area contributed by atoms with Gasteiger partial charge in [0.2, 0.25) is 5.43 Å². The molecule has 126 valence electrons. The van der Waals surface area contributed by atoms with Crippen molar-refractivity contribution in [2.24, 2.45) is 0 Å². The molecule has 0 spiro atoms. The van der Waals surface area contributed by atoms with Gasteiger partial charge in [0, 0.05) is 10.4 Å². The maximum Gasteiger partial charge on any atom is 0.287 e. The van der Waals surface area contributed by atoms with Crippen molar-refractivity contribution in [1.82, 2.24) is 29.8 Å². The summed E-state index contributed by atoms with van der Waals surface area (Å²) in [5, 5.41) is 10.8. The molecule has 9 nitrogen and oxygen atoms in total. The molecule has 0 saturated carbocycles. The van der Waals surface area contributed by atoms with Gasteiger partial charge < -0.3 is 4.98 Å². The number of benzene rings is 1. The number of aromatic amines is 2. The Morgan fingerprint density at radius 2 is 1.88 bits per heavy atom. The first-order chi connectivity index (χ1) is 12.0. The third-order valence-corrected chi connectivity index (χ3v) is 4.22. The van der Waals surface area contributed by atoms with Gasteiger partial charge in [0.05, 0.1) is 17.9 Å². The summed E-state index contributed by atoms with van der Waals surface area (Å²) in [6.45, 7) is 1.62. The van der Waals surface area contributed by atoms with Gasteiger partial charge in [-0.05, 0) is 25.1 Å². The van der Waals surface area contributed by atoms with Crippen LogP contribution in [0.4, 0.5) is 0 Å². The second-order valence-corrected chi connectivity index (χ2v) is 5.93. The predicted octanol–water partition coefficient (Wildman–Crippen LogP) is 0.843. The molecule has 0 aliphatic rings. The van der Waals surface area contributed by atoms with Crippen molar-refractivity contribution in [3.8, 4) is 0 Å². The second kappa shape index (κ2) is 5.42. The maximum absolute atomic E-state index is 12.8. The number of pyridine rings is 1. The van der Waals surface area contributed by atoms with E-state index in [1.165, 1.54) is 29.3 Å². The third-order valence-electron chi connectivity index (χ3n) is 3.99. The molecule has 2 N–H and O–H groups in total. The van der Waals surface area contributed by atoms with Gasteiger partial charge in [0.15, 0.2) is 6.17 Å². The zero-order chi connectivity index (χ0) is 17.7. The van der Waals surface area contributed by atoms with Crippen molar-refractivity contribution in [1.29, 1.82) is 0 Å². The molecule has 3 aromatic heterocycles. The minimum atomic E-state index is -0.708. The Hall–Kier alpha value is -3.20. The zero-order valence-electron chi connectivity index (χ0n) is 12.9. The fourth-order valence-corrected chi connectivity index (χ4v) is 2.93. The Balaban J connectivity index is 2.12. The number of hydrogen-bond acceptors (Lipinski definition) is 5. The van der Waals surface area contributed by atoms with Crippen molar-refractivity contribution in [2.75, 3.05) is 0 Å². The van der Waals surface area contributed by atoms with Gasteiger partial charge in [-0.3, -0.25) is 19.5 Å². The summed E-state index contributed by atoms with van der Waals surface area (Å²) in [6.07, 6.45) is 2.19. The largest absolute Gasteiger partial charge is 0.350 e. The van der Waals surface area contributed by atoms with Gasteiger partial charge in [0.1, 0.15) is 10.9 Å². The van der Waals surface area contributed by atoms with Crippen LogP contribution in [0.3, 0.4) is 0 Å². The minimum Gasteiger partial charge on any atom is -0.350 e. The van der Waals surface area contributed by atoms with Crippen LogP contribution in [-0.4, -0.2) is 29.8 Å². The molecule has 10 heteroatoms. The highest BCUT2D eigenvalue weighted by atomic mass is 35.5. The quantitative estimate of drug-likeness (QED) is 0.515. The highest BCUT2D eigenvalue weighted by Crippen LogP contribution is 2.16. The third kappa shape index (κ3) is 2.28. The second-order valence-electron chi connectivity index (χ2n) is 5.49. The van der Waals surface area contributed by atoms with Crippen molar-refractivity contribution in [2.45, 2.75) is 13.1 Å². The van der Waals surface area contributed by atoms with E-state index >= 15 is 0 Å². The molecule has 0 bridgehead atoms. The number of fused-ring (bicyclic) bond motifs is 2. The zero-order valence-corrected chi connectivity index (χ0v) is 13.6. The van der Waals surface area contributed by atoms with Crippen molar-refractivity contribution in [3.05, 3.63) is 66.5 Å². The van der Waals surface area contributed by atoms with Crippen molar-refractivity contribution in [3.63, 3.8) is 0 Å². The van der Waals surface area contributed by atoms with E-state index in [9.17, 15) is 14.4 Å². The number of nitrogens with one attached hydrogen (secondary N) is 2. The summed E-state index contributed by atoms with van der Waals surface area (Å²) in [7, 11) is 0. The van der Waals surface area contributed by atoms with Gasteiger partial charge in [-0.2, -0.15) is 15.0 Å². The van der Waals surface area contributed by atoms with Crippen LogP contribution >= 0.6 is 11.6 Å². The summed E-state index contributed by atoms with van der Waals surface area (Å²) < 4.78 is 1.03. The van der Waals surface area contributed by atoms with Crippen LogP contribution in [0.25, 0.3) is 21.8 Å². The first-order valence-electron chi connectivity index (χ1n) is 7.33. The highest BCUT2D eigenvalue weighted by Gasteiger charge is 2.18. The van der Waals surface area contributed by atoms with Crippen LogP contribution in [-0.2, 0) is 0 Å². The Morgan fingerprint density at radius 1 is 1.16 bits per heavy atom. The number of rotatable bonds is 2. The summed E-state index contributed by atoms with van der Waals surface area (Å²) >= 11 is 5.93.